The van der Waals surface area contributed by atoms with Crippen LogP contribution in [0.2, 0.25) is 0 Å². The van der Waals surface area contributed by atoms with Gasteiger partial charge in [0.05, 0.1) is 0 Å². The van der Waals surface area contributed by atoms with Gasteiger partial charge in [0.2, 0.25) is 11.8 Å². The second-order valence-corrected chi connectivity index (χ2v) is 14.7. The number of carbonyl (C=O) groups is 4. The Morgan fingerprint density at radius 3 is 2.09 bits per heavy atom. The third-order valence-electron chi connectivity index (χ3n) is 7.55. The quantitative estimate of drug-likeness (QED) is 0.206. The van der Waals surface area contributed by atoms with Crippen molar-refractivity contribution in [2.24, 2.45) is 0 Å². The van der Waals surface area contributed by atoms with Gasteiger partial charge in [-0.25, -0.2) is 9.59 Å². The van der Waals surface area contributed by atoms with E-state index in [-0.39, 0.29) is 12.5 Å². The van der Waals surface area contributed by atoms with Gasteiger partial charge >= 0.3 is 12.1 Å². The number of rotatable bonds is 13. The summed E-state index contributed by atoms with van der Waals surface area (Å²) in [5, 5.41) is 5.71. The molecule has 3 atom stereocenters. The Kier molecular flexibility index (Phi) is 13.3. The van der Waals surface area contributed by atoms with Crippen molar-refractivity contribution in [2.75, 3.05) is 12.0 Å². The summed E-state index contributed by atoms with van der Waals surface area (Å²) in [6, 6.07) is 12.9. The normalized spacial score (nSPS) is 15.2. The summed E-state index contributed by atoms with van der Waals surface area (Å²) in [5.41, 5.74) is 0.167. The van der Waals surface area contributed by atoms with Crippen molar-refractivity contribution in [3.05, 3.63) is 71.3 Å². The fourth-order valence-corrected chi connectivity index (χ4v) is 5.73. The van der Waals surface area contributed by atoms with E-state index in [1.807, 2.05) is 36.6 Å². The average molecular weight is 664 g/mol. The number of ether oxygens (including phenoxy) is 2. The lowest BCUT2D eigenvalue weighted by atomic mass is 9.87. The van der Waals surface area contributed by atoms with Gasteiger partial charge in [0, 0.05) is 18.0 Å². The minimum absolute atomic E-state index is 0.179. The maximum Gasteiger partial charge on any atom is 0.408 e. The Morgan fingerprint density at radius 1 is 0.915 bits per heavy atom. The Balaban J connectivity index is 2.10. The predicted octanol–water partition coefficient (Wildman–Crippen LogP) is 5.81. The molecule has 2 aromatic rings. The molecule has 1 saturated carbocycles. The van der Waals surface area contributed by atoms with E-state index < -0.39 is 53.2 Å². The van der Waals surface area contributed by atoms with Gasteiger partial charge in [0.25, 0.3) is 0 Å². The lowest BCUT2D eigenvalue weighted by Gasteiger charge is -2.44. The molecule has 0 radical (unpaired) electrons. The standard InChI is InChI=1S/C37H49N3O6S/c1-9-26-18-13-14-21-28(26)31(32(41)38-30(34(43)45-36(2,3)4)24-25-16-11-10-12-17-25)40(27-19-15-20-27)33(42)29(22-23-47-8)39-35(44)46-37(5,6)7/h1,10-14,16-18,21,27,29-31H,15,19-20,22-24H2,2-8H3,(H,38,41)(H,39,44). The summed E-state index contributed by atoms with van der Waals surface area (Å²) in [6.07, 6.45) is 9.85. The number of nitrogens with one attached hydrogen (secondary N) is 2. The van der Waals surface area contributed by atoms with Crippen LogP contribution in [0.1, 0.15) is 90.0 Å². The van der Waals surface area contributed by atoms with Crippen LogP contribution in [0.25, 0.3) is 0 Å². The highest BCUT2D eigenvalue weighted by Gasteiger charge is 2.43. The van der Waals surface area contributed by atoms with Crippen LogP contribution in [0.4, 0.5) is 4.79 Å². The number of nitrogens with zero attached hydrogens (tertiary/aromatic N) is 1. The first-order valence-corrected chi connectivity index (χ1v) is 17.5. The van der Waals surface area contributed by atoms with E-state index in [2.05, 4.69) is 16.6 Å². The maximum atomic E-state index is 14.6. The molecular weight excluding hydrogens is 614 g/mol. The number of thioether (sulfide) groups is 1. The third kappa shape index (κ3) is 11.4. The van der Waals surface area contributed by atoms with Crippen molar-refractivity contribution in [3.8, 4) is 12.3 Å². The lowest BCUT2D eigenvalue weighted by Crippen LogP contribution is -2.59. The molecule has 9 nitrogen and oxygen atoms in total. The average Bonchev–Trinajstić information content (AvgIpc) is 2.96. The fraction of sp³-hybridized carbons (Fsp3) is 0.514. The Bertz CT molecular complexity index is 1420. The zero-order valence-corrected chi connectivity index (χ0v) is 29.4. The number of amides is 3. The van der Waals surface area contributed by atoms with Crippen LogP contribution in [0.3, 0.4) is 0 Å². The van der Waals surface area contributed by atoms with Crippen LogP contribution in [-0.4, -0.2) is 70.1 Å². The molecule has 47 heavy (non-hydrogen) atoms. The first-order valence-electron chi connectivity index (χ1n) is 16.1. The van der Waals surface area contributed by atoms with Gasteiger partial charge in [-0.3, -0.25) is 9.59 Å². The molecule has 2 N–H and O–H groups in total. The minimum Gasteiger partial charge on any atom is -0.458 e. The van der Waals surface area contributed by atoms with Crippen molar-refractivity contribution < 1.29 is 28.7 Å². The number of esters is 1. The molecule has 254 valence electrons. The molecule has 0 aromatic heterocycles. The van der Waals surface area contributed by atoms with Gasteiger partial charge in [0.15, 0.2) is 0 Å². The Labute approximate surface area is 283 Å². The van der Waals surface area contributed by atoms with Crippen LogP contribution in [0, 0.1) is 12.3 Å². The Hall–Kier alpha value is -3.97. The van der Waals surface area contributed by atoms with Gasteiger partial charge < -0.3 is 25.0 Å². The van der Waals surface area contributed by atoms with Gasteiger partial charge in [-0.05, 0) is 96.4 Å². The molecule has 0 bridgehead atoms. The lowest BCUT2D eigenvalue weighted by molar-refractivity contribution is -0.159. The van der Waals surface area contributed by atoms with E-state index in [1.165, 1.54) is 0 Å². The number of carbonyl (C=O) groups excluding carboxylic acids is 4. The van der Waals surface area contributed by atoms with Crippen LogP contribution in [0.15, 0.2) is 54.6 Å². The summed E-state index contributed by atoms with van der Waals surface area (Å²) in [5.74, 6) is 1.67. The highest BCUT2D eigenvalue weighted by Crippen LogP contribution is 2.35. The van der Waals surface area contributed by atoms with Crippen molar-refractivity contribution in [1.82, 2.24) is 15.5 Å². The van der Waals surface area contributed by atoms with E-state index in [9.17, 15) is 19.2 Å². The monoisotopic (exact) mass is 663 g/mol. The topological polar surface area (TPSA) is 114 Å². The summed E-state index contributed by atoms with van der Waals surface area (Å²) >= 11 is 1.54. The van der Waals surface area contributed by atoms with Gasteiger partial charge in [-0.1, -0.05) is 54.5 Å². The maximum absolute atomic E-state index is 14.6. The second kappa shape index (κ2) is 16.7. The van der Waals surface area contributed by atoms with Crippen LogP contribution < -0.4 is 10.6 Å². The SMILES string of the molecule is C#Cc1ccccc1C(C(=O)NC(Cc1ccccc1)C(=O)OC(C)(C)C)N(C(=O)C(CCSC)NC(=O)OC(C)(C)C)C1CCC1. The molecule has 3 unspecified atom stereocenters. The molecule has 2 aromatic carbocycles. The van der Waals surface area contributed by atoms with Crippen LogP contribution in [-0.2, 0) is 30.3 Å². The predicted molar refractivity (Wildman–Crippen MR) is 186 cm³/mol. The van der Waals surface area contributed by atoms with Gasteiger partial charge in [-0.2, -0.15) is 11.8 Å². The second-order valence-electron chi connectivity index (χ2n) is 13.7. The number of benzene rings is 2. The molecule has 3 amide bonds. The number of terminal acetylenes is 1. The molecule has 0 saturated heterocycles. The first kappa shape index (κ1) is 37.5. The zero-order valence-electron chi connectivity index (χ0n) is 28.6. The van der Waals surface area contributed by atoms with Gasteiger partial charge in [0.1, 0.15) is 29.3 Å². The summed E-state index contributed by atoms with van der Waals surface area (Å²) in [4.78, 5) is 57.3. The van der Waals surface area contributed by atoms with Crippen molar-refractivity contribution in [3.63, 3.8) is 0 Å². The van der Waals surface area contributed by atoms with E-state index in [4.69, 9.17) is 15.9 Å². The molecule has 1 aliphatic carbocycles. The van der Waals surface area contributed by atoms with Crippen LogP contribution in [0.5, 0.6) is 0 Å². The summed E-state index contributed by atoms with van der Waals surface area (Å²) in [7, 11) is 0. The highest BCUT2D eigenvalue weighted by molar-refractivity contribution is 7.98. The Morgan fingerprint density at radius 2 is 1.53 bits per heavy atom. The number of hydrogen-bond acceptors (Lipinski definition) is 7. The van der Waals surface area contributed by atoms with Crippen molar-refractivity contribution >= 4 is 35.6 Å². The molecular formula is C37H49N3O6S. The highest BCUT2D eigenvalue weighted by atomic mass is 32.2. The van der Waals surface area contributed by atoms with E-state index in [0.717, 1.165) is 12.0 Å². The zero-order chi connectivity index (χ0) is 34.8. The van der Waals surface area contributed by atoms with Crippen LogP contribution >= 0.6 is 11.8 Å². The molecule has 0 aliphatic heterocycles. The van der Waals surface area contributed by atoms with Crippen molar-refractivity contribution in [1.29, 1.82) is 0 Å². The molecule has 0 heterocycles. The van der Waals surface area contributed by atoms with Gasteiger partial charge in [-0.15, -0.1) is 6.42 Å². The fourth-order valence-electron chi connectivity index (χ4n) is 5.26. The third-order valence-corrected chi connectivity index (χ3v) is 8.19. The molecule has 10 heteroatoms. The largest absolute Gasteiger partial charge is 0.458 e. The number of alkyl carbamates (subject to hydrolysis) is 1. The minimum atomic E-state index is -1.18. The first-order chi connectivity index (χ1) is 22.1. The van der Waals surface area contributed by atoms with E-state index in [1.54, 1.807) is 82.5 Å². The van der Waals surface area contributed by atoms with E-state index in [0.29, 0.717) is 36.1 Å². The smallest absolute Gasteiger partial charge is 0.408 e. The molecule has 0 spiro atoms. The molecule has 1 aliphatic rings. The summed E-state index contributed by atoms with van der Waals surface area (Å²) < 4.78 is 11.2. The number of hydrogen-bond donors (Lipinski definition) is 2. The summed E-state index contributed by atoms with van der Waals surface area (Å²) in [6.45, 7) is 10.5. The van der Waals surface area contributed by atoms with E-state index >= 15 is 0 Å². The van der Waals surface area contributed by atoms with Crippen molar-refractivity contribution in [2.45, 2.75) is 109 Å². The molecule has 3 rings (SSSR count). The molecule has 1 fully saturated rings.